The molecule has 6 nitrogen and oxygen atoms in total. The maximum Gasteiger partial charge on any atom is 0.221 e. The Morgan fingerprint density at radius 3 is 2.96 bits per heavy atom. The number of anilines is 3. The van der Waals surface area contributed by atoms with Crippen molar-refractivity contribution < 1.29 is 0 Å². The monoisotopic (exact) mass is 340 g/mol. The number of aromatic nitrogens is 3. The molecule has 0 fully saturated rings. The Kier molecular flexibility index (Phi) is 3.21. The first-order valence-corrected chi connectivity index (χ1v) is 8.36. The number of nitrogen functional groups attached to an aromatic ring is 1. The Morgan fingerprint density at radius 2 is 2.04 bits per heavy atom. The van der Waals surface area contributed by atoms with Crippen LogP contribution in [-0.2, 0) is 6.54 Å². The highest BCUT2D eigenvalue weighted by molar-refractivity contribution is 5.93. The molecule has 0 unspecified atom stereocenters. The van der Waals surface area contributed by atoms with E-state index in [-0.39, 0.29) is 5.95 Å². The van der Waals surface area contributed by atoms with Crippen LogP contribution >= 0.6 is 0 Å². The lowest BCUT2D eigenvalue weighted by Crippen LogP contribution is -2.00. The topological polar surface area (TPSA) is 92.0 Å². The summed E-state index contributed by atoms with van der Waals surface area (Å²) in [5, 5.41) is 4.52. The fourth-order valence-electron chi connectivity index (χ4n) is 3.36. The van der Waals surface area contributed by atoms with Crippen LogP contribution in [-0.4, -0.2) is 21.2 Å². The standard InChI is InChI=1S/C20H16N6/c21-20-24-6-4-19(26-20)25-15-7-14-10-22-11-17(14)16(9-15)13-2-1-12-3-5-23-18(12)8-13/h1-10,23H,11H2,(H3,21,24,25,26). The first kappa shape index (κ1) is 14.7. The maximum atomic E-state index is 5.68. The summed E-state index contributed by atoms with van der Waals surface area (Å²) in [5.41, 5.74) is 12.4. The van der Waals surface area contributed by atoms with E-state index in [1.54, 1.807) is 12.3 Å². The van der Waals surface area contributed by atoms with E-state index in [0.717, 1.165) is 22.3 Å². The third kappa shape index (κ3) is 2.48. The van der Waals surface area contributed by atoms with Crippen LogP contribution in [0.3, 0.4) is 0 Å². The van der Waals surface area contributed by atoms with Gasteiger partial charge in [-0.1, -0.05) is 12.1 Å². The van der Waals surface area contributed by atoms with Gasteiger partial charge < -0.3 is 16.0 Å². The van der Waals surface area contributed by atoms with Gasteiger partial charge in [-0.25, -0.2) is 4.98 Å². The number of nitrogens with one attached hydrogen (secondary N) is 2. The van der Waals surface area contributed by atoms with Gasteiger partial charge in [0.25, 0.3) is 0 Å². The maximum absolute atomic E-state index is 5.68. The zero-order valence-corrected chi connectivity index (χ0v) is 13.9. The molecule has 126 valence electrons. The molecule has 0 bridgehead atoms. The number of benzene rings is 2. The van der Waals surface area contributed by atoms with E-state index in [2.05, 4.69) is 61.7 Å². The highest BCUT2D eigenvalue weighted by atomic mass is 15.1. The third-order valence-corrected chi connectivity index (χ3v) is 4.58. The number of nitrogens with zero attached hydrogens (tertiary/aromatic N) is 3. The second kappa shape index (κ2) is 5.70. The van der Waals surface area contributed by atoms with Gasteiger partial charge in [0.2, 0.25) is 5.95 Å². The summed E-state index contributed by atoms with van der Waals surface area (Å²) in [7, 11) is 0. The van der Waals surface area contributed by atoms with E-state index >= 15 is 0 Å². The van der Waals surface area contributed by atoms with E-state index in [1.165, 1.54) is 16.5 Å². The fourth-order valence-corrected chi connectivity index (χ4v) is 3.36. The summed E-state index contributed by atoms with van der Waals surface area (Å²) in [6.45, 7) is 0.703. The van der Waals surface area contributed by atoms with Crippen LogP contribution in [0, 0.1) is 0 Å². The van der Waals surface area contributed by atoms with Crippen LogP contribution in [0.4, 0.5) is 17.5 Å². The van der Waals surface area contributed by atoms with Crippen LogP contribution in [0.1, 0.15) is 11.1 Å². The molecule has 2 aromatic carbocycles. The molecule has 5 rings (SSSR count). The molecular formula is C20H16N6. The molecule has 0 aliphatic carbocycles. The molecule has 26 heavy (non-hydrogen) atoms. The molecule has 4 aromatic rings. The van der Waals surface area contributed by atoms with E-state index in [1.807, 2.05) is 12.4 Å². The summed E-state index contributed by atoms with van der Waals surface area (Å²) < 4.78 is 0. The first-order valence-electron chi connectivity index (χ1n) is 8.36. The van der Waals surface area contributed by atoms with Crippen molar-refractivity contribution >= 4 is 34.6 Å². The molecule has 6 heteroatoms. The highest BCUT2D eigenvalue weighted by Gasteiger charge is 2.15. The minimum Gasteiger partial charge on any atom is -0.368 e. The Balaban J connectivity index is 1.62. The molecule has 1 aliphatic rings. The third-order valence-electron chi connectivity index (χ3n) is 4.58. The second-order valence-electron chi connectivity index (χ2n) is 6.27. The lowest BCUT2D eigenvalue weighted by molar-refractivity contribution is 1.11. The van der Waals surface area contributed by atoms with Gasteiger partial charge in [0.05, 0.1) is 6.54 Å². The summed E-state index contributed by atoms with van der Waals surface area (Å²) in [6, 6.07) is 14.5. The number of hydrogen-bond donors (Lipinski definition) is 3. The van der Waals surface area contributed by atoms with Crippen molar-refractivity contribution in [2.75, 3.05) is 11.1 Å². The van der Waals surface area contributed by atoms with Crippen LogP contribution in [0.5, 0.6) is 0 Å². The van der Waals surface area contributed by atoms with Crippen molar-refractivity contribution in [1.82, 2.24) is 15.0 Å². The van der Waals surface area contributed by atoms with Crippen molar-refractivity contribution in [2.45, 2.75) is 6.54 Å². The van der Waals surface area contributed by atoms with E-state index < -0.39 is 0 Å². The van der Waals surface area contributed by atoms with Crippen molar-refractivity contribution in [1.29, 1.82) is 0 Å². The summed E-state index contributed by atoms with van der Waals surface area (Å²) in [6.07, 6.45) is 5.52. The SMILES string of the molecule is Nc1nccc(Nc2cc3c(c(-c4ccc5cc[nH]c5c4)c2)CN=C3)n1. The van der Waals surface area contributed by atoms with Gasteiger partial charge in [-0.2, -0.15) is 4.98 Å². The Bertz CT molecular complexity index is 1160. The second-order valence-corrected chi connectivity index (χ2v) is 6.27. The van der Waals surface area contributed by atoms with Crippen LogP contribution in [0.15, 0.2) is 59.9 Å². The van der Waals surface area contributed by atoms with Crippen molar-refractivity contribution in [3.05, 3.63) is 66.0 Å². The predicted octanol–water partition coefficient (Wildman–Crippen LogP) is 3.88. The Labute approximate surface area is 149 Å². The quantitative estimate of drug-likeness (QED) is 0.528. The van der Waals surface area contributed by atoms with E-state index in [4.69, 9.17) is 5.73 Å². The molecule has 0 atom stereocenters. The average Bonchev–Trinajstić information content (AvgIpc) is 3.29. The number of nitrogens with two attached hydrogens (primary N) is 1. The number of aliphatic imine (C=N–C) groups is 1. The number of fused-ring (bicyclic) bond motifs is 2. The zero-order chi connectivity index (χ0) is 17.5. The van der Waals surface area contributed by atoms with E-state index in [9.17, 15) is 0 Å². The van der Waals surface area contributed by atoms with Crippen molar-refractivity contribution in [3.63, 3.8) is 0 Å². The minimum atomic E-state index is 0.246. The molecule has 0 spiro atoms. The summed E-state index contributed by atoms with van der Waals surface area (Å²) >= 11 is 0. The molecule has 0 saturated heterocycles. The zero-order valence-electron chi connectivity index (χ0n) is 13.9. The van der Waals surface area contributed by atoms with Gasteiger partial charge >= 0.3 is 0 Å². The number of hydrogen-bond acceptors (Lipinski definition) is 5. The van der Waals surface area contributed by atoms with Gasteiger partial charge in [-0.05, 0) is 52.4 Å². The molecule has 3 heterocycles. The molecule has 0 radical (unpaired) electrons. The normalized spacial score (nSPS) is 12.5. The Hall–Kier alpha value is -3.67. The Morgan fingerprint density at radius 1 is 1.08 bits per heavy atom. The largest absolute Gasteiger partial charge is 0.368 e. The molecule has 4 N–H and O–H groups in total. The molecule has 2 aromatic heterocycles. The van der Waals surface area contributed by atoms with Crippen LogP contribution in [0.25, 0.3) is 22.0 Å². The van der Waals surface area contributed by atoms with Crippen LogP contribution < -0.4 is 11.1 Å². The summed E-state index contributed by atoms with van der Waals surface area (Å²) in [4.78, 5) is 15.9. The van der Waals surface area contributed by atoms with E-state index in [0.29, 0.717) is 12.4 Å². The lowest BCUT2D eigenvalue weighted by Gasteiger charge is -2.13. The molecule has 1 aliphatic heterocycles. The van der Waals surface area contributed by atoms with Crippen molar-refractivity contribution in [2.24, 2.45) is 4.99 Å². The molecule has 0 saturated carbocycles. The predicted molar refractivity (Wildman–Crippen MR) is 105 cm³/mol. The lowest BCUT2D eigenvalue weighted by atomic mass is 9.95. The smallest absolute Gasteiger partial charge is 0.221 e. The molecule has 0 amide bonds. The number of rotatable bonds is 3. The minimum absolute atomic E-state index is 0.246. The van der Waals surface area contributed by atoms with Gasteiger partial charge in [-0.15, -0.1) is 0 Å². The van der Waals surface area contributed by atoms with Crippen molar-refractivity contribution in [3.8, 4) is 11.1 Å². The summed E-state index contributed by atoms with van der Waals surface area (Å²) in [5.74, 6) is 0.910. The number of H-pyrrole nitrogens is 1. The first-order chi connectivity index (χ1) is 12.8. The van der Waals surface area contributed by atoms with Gasteiger partial charge in [0.15, 0.2) is 0 Å². The van der Waals surface area contributed by atoms with Gasteiger partial charge in [0.1, 0.15) is 5.82 Å². The van der Waals surface area contributed by atoms with Gasteiger partial charge in [-0.3, -0.25) is 4.99 Å². The number of aromatic amines is 1. The van der Waals surface area contributed by atoms with Crippen LogP contribution in [0.2, 0.25) is 0 Å². The highest BCUT2D eigenvalue weighted by Crippen LogP contribution is 2.34. The molecular weight excluding hydrogens is 324 g/mol. The fraction of sp³-hybridized carbons (Fsp3) is 0.0500. The average molecular weight is 340 g/mol. The van der Waals surface area contributed by atoms with Gasteiger partial charge in [0, 0.05) is 35.4 Å².